The molecule has 1 aliphatic rings. The van der Waals surface area contributed by atoms with Gasteiger partial charge in [-0.25, -0.2) is 0 Å². The van der Waals surface area contributed by atoms with Crippen LogP contribution in [0.1, 0.15) is 5.56 Å². The molecule has 1 heterocycles. The summed E-state index contributed by atoms with van der Waals surface area (Å²) in [5.41, 5.74) is 0.684. The molecule has 0 amide bonds. The number of phenols is 1. The first-order valence-corrected chi connectivity index (χ1v) is 6.05. The van der Waals surface area contributed by atoms with E-state index in [-0.39, 0.29) is 11.9 Å². The summed E-state index contributed by atoms with van der Waals surface area (Å²) in [5, 5.41) is 37.2. The molecule has 1 fully saturated rings. The molecular weight excluding hydrogens is 264 g/mol. The zero-order valence-corrected chi connectivity index (χ0v) is 10.5. The number of hydrogen-bond donors (Lipinski definition) is 4. The van der Waals surface area contributed by atoms with Crippen molar-refractivity contribution in [3.63, 3.8) is 0 Å². The number of carbonyl (C=O) groups excluding carboxylic acids is 1. The van der Waals surface area contributed by atoms with Gasteiger partial charge in [0.05, 0.1) is 6.61 Å². The van der Waals surface area contributed by atoms with Crippen LogP contribution >= 0.6 is 0 Å². The van der Waals surface area contributed by atoms with Crippen molar-refractivity contribution in [2.75, 3.05) is 6.61 Å². The molecule has 6 nitrogen and oxygen atoms in total. The molecule has 1 aliphatic heterocycles. The van der Waals surface area contributed by atoms with Gasteiger partial charge in [-0.3, -0.25) is 4.79 Å². The summed E-state index contributed by atoms with van der Waals surface area (Å²) in [6, 6.07) is 6.18. The Morgan fingerprint density at radius 1 is 1.25 bits per heavy atom. The van der Waals surface area contributed by atoms with Gasteiger partial charge >= 0.3 is 0 Å². The molecule has 0 aromatic heterocycles. The molecule has 1 saturated heterocycles. The summed E-state index contributed by atoms with van der Waals surface area (Å²) < 4.78 is 5.03. The molecule has 0 aliphatic carbocycles. The van der Waals surface area contributed by atoms with Crippen molar-refractivity contribution in [1.82, 2.24) is 0 Å². The summed E-state index contributed by atoms with van der Waals surface area (Å²) in [6.45, 7) is -0.489. The maximum absolute atomic E-state index is 11.9. The average Bonchev–Trinajstić information content (AvgIpc) is 2.74. The third-order valence-electron chi connectivity index (χ3n) is 2.99. The van der Waals surface area contributed by atoms with Crippen molar-refractivity contribution < 1.29 is 30.0 Å². The van der Waals surface area contributed by atoms with Crippen LogP contribution in [0.15, 0.2) is 30.3 Å². The van der Waals surface area contributed by atoms with E-state index in [1.807, 2.05) is 0 Å². The maximum Gasteiger partial charge on any atom is 0.198 e. The number of aromatic hydroxyl groups is 1. The van der Waals surface area contributed by atoms with Gasteiger partial charge in [0, 0.05) is 0 Å². The Morgan fingerprint density at radius 3 is 2.45 bits per heavy atom. The number of carbonyl (C=O) groups is 1. The van der Waals surface area contributed by atoms with E-state index in [0.29, 0.717) is 5.56 Å². The van der Waals surface area contributed by atoms with Crippen molar-refractivity contribution in [2.24, 2.45) is 0 Å². The quantitative estimate of drug-likeness (QED) is 0.560. The average molecular weight is 279 g/mol. The van der Waals surface area contributed by atoms with Crippen LogP contribution < -0.4 is 0 Å². The van der Waals surface area contributed by atoms with Crippen LogP contribution in [0.25, 0.3) is 6.08 Å². The SMILES string of the molecule is O=C(C=Cc1ccc(O)cc1)[C]1O[C@H](CO)[C@@H](O)[C@@H]1O. The zero-order valence-electron chi connectivity index (χ0n) is 10.5. The monoisotopic (exact) mass is 279 g/mol. The lowest BCUT2D eigenvalue weighted by atomic mass is 10.0. The summed E-state index contributed by atoms with van der Waals surface area (Å²) in [4.78, 5) is 11.9. The van der Waals surface area contributed by atoms with Crippen molar-refractivity contribution in [2.45, 2.75) is 18.3 Å². The van der Waals surface area contributed by atoms with Crippen molar-refractivity contribution in [3.05, 3.63) is 42.0 Å². The third-order valence-corrected chi connectivity index (χ3v) is 2.99. The summed E-state index contributed by atoms with van der Waals surface area (Å²) in [5.74, 6) is -0.466. The standard InChI is InChI=1S/C14H15O6/c15-7-11-12(18)13(19)14(20-11)10(17)6-3-8-1-4-9(16)5-2-8/h1-6,11-13,15-16,18-19H,7H2/t11-,12-,13+/m1/s1. The molecule has 20 heavy (non-hydrogen) atoms. The Balaban J connectivity index is 2.03. The van der Waals surface area contributed by atoms with Crippen LogP contribution in [0, 0.1) is 6.10 Å². The molecule has 1 aromatic carbocycles. The number of benzene rings is 1. The number of rotatable bonds is 4. The van der Waals surface area contributed by atoms with Gasteiger partial charge in [0.2, 0.25) is 0 Å². The highest BCUT2D eigenvalue weighted by atomic mass is 16.6. The van der Waals surface area contributed by atoms with Crippen LogP contribution in [0.5, 0.6) is 5.75 Å². The van der Waals surface area contributed by atoms with Gasteiger partial charge in [-0.15, -0.1) is 0 Å². The van der Waals surface area contributed by atoms with E-state index in [0.717, 1.165) is 0 Å². The highest BCUT2D eigenvalue weighted by molar-refractivity contribution is 6.03. The van der Waals surface area contributed by atoms with Crippen LogP contribution in [0.4, 0.5) is 0 Å². The van der Waals surface area contributed by atoms with Gasteiger partial charge < -0.3 is 25.2 Å². The molecular formula is C14H15O6. The minimum atomic E-state index is -1.44. The number of ether oxygens (including phenoxy) is 1. The van der Waals surface area contributed by atoms with E-state index in [1.54, 1.807) is 12.1 Å². The van der Waals surface area contributed by atoms with E-state index in [9.17, 15) is 15.0 Å². The number of phenolic OH excluding ortho intramolecular Hbond substituents is 1. The Morgan fingerprint density at radius 2 is 1.90 bits per heavy atom. The predicted octanol–water partition coefficient (Wildman–Crippen LogP) is -0.381. The molecule has 0 saturated carbocycles. The van der Waals surface area contributed by atoms with E-state index in [4.69, 9.17) is 14.9 Å². The molecule has 1 aromatic rings. The summed E-state index contributed by atoms with van der Waals surface area (Å²) in [7, 11) is 0. The fraction of sp³-hybridized carbons (Fsp3) is 0.286. The lowest BCUT2D eigenvalue weighted by Gasteiger charge is -2.10. The maximum atomic E-state index is 11.9. The van der Waals surface area contributed by atoms with Gasteiger partial charge in [-0.1, -0.05) is 18.2 Å². The van der Waals surface area contributed by atoms with Gasteiger partial charge in [0.15, 0.2) is 11.9 Å². The van der Waals surface area contributed by atoms with E-state index in [2.05, 4.69) is 0 Å². The molecule has 6 heteroatoms. The topological polar surface area (TPSA) is 107 Å². The second-order valence-electron chi connectivity index (χ2n) is 4.43. The van der Waals surface area contributed by atoms with Crippen molar-refractivity contribution in [1.29, 1.82) is 0 Å². The Kier molecular flexibility index (Phi) is 4.51. The number of hydrogen-bond acceptors (Lipinski definition) is 6. The molecule has 107 valence electrons. The normalized spacial score (nSPS) is 27.2. The Hall–Kier alpha value is -1.73. The molecule has 4 N–H and O–H groups in total. The predicted molar refractivity (Wildman–Crippen MR) is 69.4 cm³/mol. The van der Waals surface area contributed by atoms with Gasteiger partial charge in [0.1, 0.15) is 24.1 Å². The first-order valence-electron chi connectivity index (χ1n) is 6.05. The van der Waals surface area contributed by atoms with Gasteiger partial charge in [-0.2, -0.15) is 0 Å². The zero-order chi connectivity index (χ0) is 14.7. The lowest BCUT2D eigenvalue weighted by molar-refractivity contribution is -0.119. The largest absolute Gasteiger partial charge is 0.508 e. The Bertz CT molecular complexity index is 495. The van der Waals surface area contributed by atoms with E-state index in [1.165, 1.54) is 24.3 Å². The summed E-state index contributed by atoms with van der Waals surface area (Å²) >= 11 is 0. The second kappa shape index (κ2) is 6.15. The van der Waals surface area contributed by atoms with Crippen LogP contribution in [0.3, 0.4) is 0 Å². The first kappa shape index (κ1) is 14.7. The minimum Gasteiger partial charge on any atom is -0.508 e. The van der Waals surface area contributed by atoms with E-state index >= 15 is 0 Å². The van der Waals surface area contributed by atoms with E-state index < -0.39 is 30.7 Å². The fourth-order valence-electron chi connectivity index (χ4n) is 1.85. The minimum absolute atomic E-state index is 0.117. The number of aliphatic hydroxyl groups is 3. The fourth-order valence-corrected chi connectivity index (χ4v) is 1.85. The molecule has 0 bridgehead atoms. The van der Waals surface area contributed by atoms with Crippen molar-refractivity contribution >= 4 is 11.9 Å². The molecule has 3 atom stereocenters. The molecule has 2 rings (SSSR count). The van der Waals surface area contributed by atoms with Crippen LogP contribution in [-0.2, 0) is 9.53 Å². The summed E-state index contributed by atoms with van der Waals surface area (Å²) in [6.07, 6.45) is -1.36. The Labute approximate surface area is 115 Å². The highest BCUT2D eigenvalue weighted by Crippen LogP contribution is 2.28. The third kappa shape index (κ3) is 3.05. The van der Waals surface area contributed by atoms with Crippen molar-refractivity contribution in [3.8, 4) is 5.75 Å². The molecule has 1 radical (unpaired) electrons. The first-order chi connectivity index (χ1) is 9.52. The van der Waals surface area contributed by atoms with Crippen LogP contribution in [0.2, 0.25) is 0 Å². The van der Waals surface area contributed by atoms with Crippen LogP contribution in [-0.4, -0.2) is 51.1 Å². The second-order valence-corrected chi connectivity index (χ2v) is 4.43. The number of aliphatic hydroxyl groups excluding tert-OH is 3. The lowest BCUT2D eigenvalue weighted by Crippen LogP contribution is -2.33. The van der Waals surface area contributed by atoms with Gasteiger partial charge in [-0.05, 0) is 23.8 Å². The van der Waals surface area contributed by atoms with Gasteiger partial charge in [0.25, 0.3) is 0 Å². The molecule has 0 unspecified atom stereocenters. The molecule has 0 spiro atoms. The highest BCUT2D eigenvalue weighted by Gasteiger charge is 2.46. The number of ketones is 1. The smallest absolute Gasteiger partial charge is 0.198 e.